The van der Waals surface area contributed by atoms with E-state index in [1.54, 1.807) is 13.8 Å². The Morgan fingerprint density at radius 3 is 2.70 bits per heavy atom. The summed E-state index contributed by atoms with van der Waals surface area (Å²) in [6, 6.07) is 1.23. The van der Waals surface area contributed by atoms with Gasteiger partial charge < -0.3 is 19.3 Å². The molecular weight excluding hydrogens is 268 g/mol. The highest BCUT2D eigenvalue weighted by Crippen LogP contribution is 2.42. The number of ether oxygens (including phenoxy) is 3. The maximum atomic E-state index is 11.8. The topological polar surface area (TPSA) is 103 Å². The minimum Gasteiger partial charge on any atom is -0.394 e. The minimum atomic E-state index is -0.809. The summed E-state index contributed by atoms with van der Waals surface area (Å²) >= 11 is 0. The van der Waals surface area contributed by atoms with Gasteiger partial charge in [0.15, 0.2) is 12.0 Å². The molecule has 2 saturated heterocycles. The summed E-state index contributed by atoms with van der Waals surface area (Å²) in [4.78, 5) is 25.1. The average Bonchev–Trinajstić information content (AvgIpc) is 2.83. The third-order valence-electron chi connectivity index (χ3n) is 3.43. The minimum absolute atomic E-state index is 0.241. The summed E-state index contributed by atoms with van der Waals surface area (Å²) in [7, 11) is 0. The summed E-state index contributed by atoms with van der Waals surface area (Å²) in [6.45, 7) is 3.27. The predicted molar refractivity (Wildman–Crippen MR) is 66.1 cm³/mol. The maximum absolute atomic E-state index is 11.8. The Kier molecular flexibility index (Phi) is 3.05. The fourth-order valence-corrected chi connectivity index (χ4v) is 2.66. The number of H-pyrrole nitrogens is 1. The molecule has 2 fully saturated rings. The molecule has 2 N–H and O–H groups in total. The molecule has 0 aromatic carbocycles. The highest BCUT2D eigenvalue weighted by atomic mass is 16.8. The van der Waals surface area contributed by atoms with Crippen molar-refractivity contribution in [2.45, 2.75) is 44.2 Å². The first-order valence-electron chi connectivity index (χ1n) is 6.35. The smallest absolute Gasteiger partial charge is 0.330 e. The lowest BCUT2D eigenvalue weighted by atomic mass is 10.1. The van der Waals surface area contributed by atoms with Crippen LogP contribution in [-0.4, -0.2) is 45.4 Å². The lowest BCUT2D eigenvalue weighted by molar-refractivity contribution is -0.200. The highest BCUT2D eigenvalue weighted by Gasteiger charge is 2.55. The molecule has 0 saturated carbocycles. The van der Waals surface area contributed by atoms with Crippen LogP contribution in [0.5, 0.6) is 0 Å². The van der Waals surface area contributed by atoms with E-state index >= 15 is 0 Å². The van der Waals surface area contributed by atoms with Crippen molar-refractivity contribution in [1.82, 2.24) is 9.55 Å². The number of aromatic nitrogens is 2. The van der Waals surface area contributed by atoms with Gasteiger partial charge in [-0.05, 0) is 13.8 Å². The molecule has 1 aromatic rings. The van der Waals surface area contributed by atoms with Gasteiger partial charge in [0.25, 0.3) is 5.56 Å². The number of aliphatic hydroxyl groups is 1. The summed E-state index contributed by atoms with van der Waals surface area (Å²) in [6.07, 6.45) is -0.962. The van der Waals surface area contributed by atoms with Crippen LogP contribution in [0, 0.1) is 0 Å². The van der Waals surface area contributed by atoms with Gasteiger partial charge in [0.2, 0.25) is 0 Å². The number of aromatic amines is 1. The molecule has 3 heterocycles. The van der Waals surface area contributed by atoms with Crippen LogP contribution in [-0.2, 0) is 14.2 Å². The molecule has 8 heteroatoms. The molecule has 110 valence electrons. The maximum Gasteiger partial charge on any atom is 0.330 e. The fourth-order valence-electron chi connectivity index (χ4n) is 2.66. The SMILES string of the molecule is CC1(C)O[C@@H]2[C@@H](CO)OC(n3ccc(=O)[nH]c3=O)[C@@H]2O1. The molecule has 4 atom stereocenters. The number of rotatable bonds is 2. The summed E-state index contributed by atoms with van der Waals surface area (Å²) in [5, 5.41) is 9.36. The van der Waals surface area contributed by atoms with E-state index in [1.165, 1.54) is 16.8 Å². The lowest BCUT2D eigenvalue weighted by Crippen LogP contribution is -2.37. The second-order valence-electron chi connectivity index (χ2n) is 5.33. The second kappa shape index (κ2) is 4.52. The largest absolute Gasteiger partial charge is 0.394 e. The van der Waals surface area contributed by atoms with E-state index in [0.717, 1.165) is 0 Å². The molecule has 2 aliphatic heterocycles. The van der Waals surface area contributed by atoms with Crippen LogP contribution in [0.15, 0.2) is 21.9 Å². The van der Waals surface area contributed by atoms with Crippen LogP contribution in [0.1, 0.15) is 20.1 Å². The van der Waals surface area contributed by atoms with Crippen molar-refractivity contribution in [3.63, 3.8) is 0 Å². The van der Waals surface area contributed by atoms with E-state index in [2.05, 4.69) is 4.98 Å². The van der Waals surface area contributed by atoms with E-state index in [-0.39, 0.29) is 6.61 Å². The number of fused-ring (bicyclic) bond motifs is 1. The Morgan fingerprint density at radius 2 is 2.05 bits per heavy atom. The van der Waals surface area contributed by atoms with Crippen molar-refractivity contribution in [2.75, 3.05) is 6.61 Å². The van der Waals surface area contributed by atoms with Gasteiger partial charge in [-0.25, -0.2) is 4.79 Å². The summed E-state index contributed by atoms with van der Waals surface area (Å²) in [5.41, 5.74) is -1.07. The zero-order valence-corrected chi connectivity index (χ0v) is 11.1. The first-order valence-corrected chi connectivity index (χ1v) is 6.35. The standard InChI is InChI=1S/C12H16N2O6/c1-12(2)19-8-6(5-15)18-10(9(8)20-12)14-4-3-7(16)13-11(14)17/h3-4,6,8-10,15H,5H2,1-2H3,(H,13,16,17)/t6-,8-,9-,10?/m1/s1. The number of nitrogens with one attached hydrogen (secondary N) is 1. The highest BCUT2D eigenvalue weighted by molar-refractivity contribution is 4.98. The molecular formula is C12H16N2O6. The number of hydrogen-bond donors (Lipinski definition) is 2. The fraction of sp³-hybridized carbons (Fsp3) is 0.667. The van der Waals surface area contributed by atoms with Gasteiger partial charge >= 0.3 is 5.69 Å². The molecule has 3 rings (SSSR count). The number of hydrogen-bond acceptors (Lipinski definition) is 6. The molecule has 8 nitrogen and oxygen atoms in total. The molecule has 0 spiro atoms. The van der Waals surface area contributed by atoms with E-state index in [0.29, 0.717) is 0 Å². The van der Waals surface area contributed by atoms with Gasteiger partial charge in [0.05, 0.1) is 6.61 Å². The first-order chi connectivity index (χ1) is 9.41. The van der Waals surface area contributed by atoms with Crippen molar-refractivity contribution < 1.29 is 19.3 Å². The molecule has 1 aromatic heterocycles. The zero-order chi connectivity index (χ0) is 14.5. The van der Waals surface area contributed by atoms with Crippen LogP contribution in [0.25, 0.3) is 0 Å². The van der Waals surface area contributed by atoms with Gasteiger partial charge in [-0.15, -0.1) is 0 Å². The van der Waals surface area contributed by atoms with Crippen LogP contribution in [0.4, 0.5) is 0 Å². The van der Waals surface area contributed by atoms with Crippen LogP contribution < -0.4 is 11.2 Å². The van der Waals surface area contributed by atoms with E-state index in [1.807, 2.05) is 0 Å². The van der Waals surface area contributed by atoms with Crippen molar-refractivity contribution in [1.29, 1.82) is 0 Å². The van der Waals surface area contributed by atoms with E-state index in [4.69, 9.17) is 14.2 Å². The molecule has 0 aliphatic carbocycles. The van der Waals surface area contributed by atoms with Crippen molar-refractivity contribution in [3.8, 4) is 0 Å². The molecule has 2 aliphatic rings. The molecule has 1 unspecified atom stereocenters. The first kappa shape index (κ1) is 13.5. The van der Waals surface area contributed by atoms with Crippen molar-refractivity contribution >= 4 is 0 Å². The number of aliphatic hydroxyl groups excluding tert-OH is 1. The van der Waals surface area contributed by atoms with Gasteiger partial charge in [-0.1, -0.05) is 0 Å². The summed E-state index contributed by atoms with van der Waals surface area (Å²) in [5.74, 6) is -0.809. The average molecular weight is 284 g/mol. The molecule has 0 radical (unpaired) electrons. The van der Waals surface area contributed by atoms with Crippen LogP contribution in [0.3, 0.4) is 0 Å². The van der Waals surface area contributed by atoms with Gasteiger partial charge in [0.1, 0.15) is 18.3 Å². The van der Waals surface area contributed by atoms with Crippen LogP contribution in [0.2, 0.25) is 0 Å². The van der Waals surface area contributed by atoms with Gasteiger partial charge in [-0.2, -0.15) is 0 Å². The Labute approximate surface area is 113 Å². The Balaban J connectivity index is 1.98. The second-order valence-corrected chi connectivity index (χ2v) is 5.33. The number of nitrogens with zero attached hydrogens (tertiary/aromatic N) is 1. The van der Waals surface area contributed by atoms with Crippen LogP contribution >= 0.6 is 0 Å². The van der Waals surface area contributed by atoms with Crippen molar-refractivity contribution in [2.24, 2.45) is 0 Å². The third-order valence-corrected chi connectivity index (χ3v) is 3.43. The third kappa shape index (κ3) is 2.10. The summed E-state index contributed by atoms with van der Waals surface area (Å²) < 4.78 is 18.3. The Morgan fingerprint density at radius 1 is 1.35 bits per heavy atom. The molecule has 20 heavy (non-hydrogen) atoms. The van der Waals surface area contributed by atoms with Gasteiger partial charge in [-0.3, -0.25) is 14.3 Å². The monoisotopic (exact) mass is 284 g/mol. The predicted octanol–water partition coefficient (Wildman–Crippen LogP) is -1.05. The van der Waals surface area contributed by atoms with E-state index in [9.17, 15) is 14.7 Å². The zero-order valence-electron chi connectivity index (χ0n) is 11.1. The van der Waals surface area contributed by atoms with Gasteiger partial charge in [0, 0.05) is 12.3 Å². The van der Waals surface area contributed by atoms with E-state index < -0.39 is 41.6 Å². The Bertz CT molecular complexity index is 621. The molecule has 0 bridgehead atoms. The lowest BCUT2D eigenvalue weighted by Gasteiger charge is -2.24. The Hall–Kier alpha value is -1.48. The van der Waals surface area contributed by atoms with Crippen molar-refractivity contribution in [3.05, 3.63) is 33.1 Å². The quantitative estimate of drug-likeness (QED) is 0.718. The molecule has 0 amide bonds. The normalized spacial score (nSPS) is 35.1.